The molecule has 1 aliphatic carbocycles. The fraction of sp³-hybridized carbons (Fsp3) is 0.579. The van der Waals surface area contributed by atoms with Crippen LogP contribution in [0.5, 0.6) is 0 Å². The van der Waals surface area contributed by atoms with Crippen LogP contribution in [0.15, 0.2) is 18.2 Å². The van der Waals surface area contributed by atoms with Crippen molar-refractivity contribution in [2.45, 2.75) is 51.5 Å². The number of rotatable bonds is 4. The lowest BCUT2D eigenvalue weighted by molar-refractivity contribution is -0.133. The molecule has 1 atom stereocenters. The van der Waals surface area contributed by atoms with Gasteiger partial charge in [-0.25, -0.2) is 0 Å². The number of nitrogens with one attached hydrogen (secondary N) is 1. The van der Waals surface area contributed by atoms with Crippen molar-refractivity contribution in [3.05, 3.63) is 34.9 Å². The van der Waals surface area contributed by atoms with Crippen molar-refractivity contribution in [3.63, 3.8) is 0 Å². The number of carbonyl (C=O) groups is 2. The first-order valence-electron chi connectivity index (χ1n) is 8.80. The molecular formula is C19H26N2O2. The molecule has 1 heterocycles. The first-order valence-corrected chi connectivity index (χ1v) is 8.80. The average molecular weight is 314 g/mol. The van der Waals surface area contributed by atoms with E-state index in [4.69, 9.17) is 0 Å². The number of hydrogen-bond acceptors (Lipinski definition) is 3. The van der Waals surface area contributed by atoms with Gasteiger partial charge in [0.2, 0.25) is 5.91 Å². The summed E-state index contributed by atoms with van der Waals surface area (Å²) in [7, 11) is 0. The maximum Gasteiger partial charge on any atom is 0.223 e. The number of Topliss-reactive ketones (excluding diaryl/α,β-unsaturated/α-hetero) is 1. The third kappa shape index (κ3) is 3.81. The van der Waals surface area contributed by atoms with Crippen molar-refractivity contribution in [1.82, 2.24) is 10.2 Å². The zero-order valence-electron chi connectivity index (χ0n) is 13.9. The van der Waals surface area contributed by atoms with E-state index in [0.29, 0.717) is 12.8 Å². The fourth-order valence-corrected chi connectivity index (χ4v) is 3.63. The lowest BCUT2D eigenvalue weighted by atomic mass is 9.89. The minimum absolute atomic E-state index is 0.0921. The molecule has 1 amide bonds. The highest BCUT2D eigenvalue weighted by atomic mass is 16.2. The van der Waals surface area contributed by atoms with E-state index >= 15 is 0 Å². The maximum absolute atomic E-state index is 12.4. The normalized spacial score (nSPS) is 20.9. The second kappa shape index (κ2) is 7.26. The van der Waals surface area contributed by atoms with Gasteiger partial charge in [-0.1, -0.05) is 12.1 Å². The smallest absolute Gasteiger partial charge is 0.223 e. The van der Waals surface area contributed by atoms with Crippen molar-refractivity contribution in [2.24, 2.45) is 0 Å². The van der Waals surface area contributed by atoms with Crippen LogP contribution in [0, 0.1) is 0 Å². The van der Waals surface area contributed by atoms with Crippen LogP contribution in [-0.2, 0) is 17.6 Å². The van der Waals surface area contributed by atoms with E-state index in [9.17, 15) is 9.59 Å². The number of benzene rings is 1. The van der Waals surface area contributed by atoms with Crippen LogP contribution in [0.25, 0.3) is 0 Å². The molecule has 1 N–H and O–H groups in total. The van der Waals surface area contributed by atoms with Gasteiger partial charge in [-0.05, 0) is 49.8 Å². The monoisotopic (exact) mass is 314 g/mol. The van der Waals surface area contributed by atoms with Crippen molar-refractivity contribution in [2.75, 3.05) is 19.6 Å². The van der Waals surface area contributed by atoms with Gasteiger partial charge in [0, 0.05) is 44.1 Å². The summed E-state index contributed by atoms with van der Waals surface area (Å²) in [5.41, 5.74) is 3.48. The highest BCUT2D eigenvalue weighted by Crippen LogP contribution is 2.23. The number of ketones is 1. The molecule has 0 radical (unpaired) electrons. The molecule has 1 aromatic carbocycles. The quantitative estimate of drug-likeness (QED) is 0.868. The Labute approximate surface area is 138 Å². The molecule has 3 rings (SSSR count). The summed E-state index contributed by atoms with van der Waals surface area (Å²) < 4.78 is 0. The van der Waals surface area contributed by atoms with Crippen LogP contribution in [0.3, 0.4) is 0 Å². The third-order valence-electron chi connectivity index (χ3n) is 5.06. The second-order valence-electron chi connectivity index (χ2n) is 6.75. The van der Waals surface area contributed by atoms with Gasteiger partial charge in [0.15, 0.2) is 5.78 Å². The molecule has 4 nitrogen and oxygen atoms in total. The summed E-state index contributed by atoms with van der Waals surface area (Å²) in [5.74, 6) is 0.194. The van der Waals surface area contributed by atoms with Crippen molar-refractivity contribution < 1.29 is 9.59 Å². The molecule has 0 saturated carbocycles. The number of aryl methyl sites for hydroxylation is 2. The lowest BCUT2D eigenvalue weighted by Gasteiger charge is -2.34. The summed E-state index contributed by atoms with van der Waals surface area (Å²) in [6, 6.07) is 6.30. The summed E-state index contributed by atoms with van der Waals surface area (Å²) in [5, 5.41) is 3.28. The fourth-order valence-electron chi connectivity index (χ4n) is 3.63. The topological polar surface area (TPSA) is 49.4 Å². The number of piperazine rings is 1. The van der Waals surface area contributed by atoms with Crippen LogP contribution < -0.4 is 5.32 Å². The maximum atomic E-state index is 12.4. The SMILES string of the molecule is C[C@@H]1CNCCN1C(=O)CCC(=O)c1ccc2c(c1)CCCC2. The van der Waals surface area contributed by atoms with Gasteiger partial charge in [0.05, 0.1) is 0 Å². The second-order valence-corrected chi connectivity index (χ2v) is 6.75. The first-order chi connectivity index (χ1) is 11.1. The highest BCUT2D eigenvalue weighted by molar-refractivity contribution is 5.98. The Hall–Kier alpha value is -1.68. The number of nitrogens with zero attached hydrogens (tertiary/aromatic N) is 1. The van der Waals surface area contributed by atoms with Gasteiger partial charge < -0.3 is 10.2 Å². The highest BCUT2D eigenvalue weighted by Gasteiger charge is 2.23. The third-order valence-corrected chi connectivity index (χ3v) is 5.06. The van der Waals surface area contributed by atoms with E-state index in [-0.39, 0.29) is 17.7 Å². The van der Waals surface area contributed by atoms with Gasteiger partial charge in [0.25, 0.3) is 0 Å². The molecular weight excluding hydrogens is 288 g/mol. The van der Waals surface area contributed by atoms with E-state index in [0.717, 1.165) is 38.0 Å². The summed E-state index contributed by atoms with van der Waals surface area (Å²) >= 11 is 0. The number of carbonyl (C=O) groups excluding carboxylic acids is 2. The number of amides is 1. The molecule has 0 bridgehead atoms. The predicted molar refractivity (Wildman–Crippen MR) is 90.7 cm³/mol. The van der Waals surface area contributed by atoms with Crippen LogP contribution >= 0.6 is 0 Å². The lowest BCUT2D eigenvalue weighted by Crippen LogP contribution is -2.52. The summed E-state index contributed by atoms with van der Waals surface area (Å²) in [4.78, 5) is 26.6. The Balaban J connectivity index is 1.57. The Morgan fingerprint density at radius 2 is 1.96 bits per heavy atom. The Kier molecular flexibility index (Phi) is 5.11. The Morgan fingerprint density at radius 3 is 2.74 bits per heavy atom. The van der Waals surface area contributed by atoms with Crippen molar-refractivity contribution >= 4 is 11.7 Å². The zero-order chi connectivity index (χ0) is 16.2. The van der Waals surface area contributed by atoms with Crippen LogP contribution in [-0.4, -0.2) is 42.3 Å². The van der Waals surface area contributed by atoms with Crippen molar-refractivity contribution in [1.29, 1.82) is 0 Å². The van der Waals surface area contributed by atoms with Gasteiger partial charge in [0.1, 0.15) is 0 Å². The number of hydrogen-bond donors (Lipinski definition) is 1. The zero-order valence-corrected chi connectivity index (χ0v) is 13.9. The molecule has 23 heavy (non-hydrogen) atoms. The Morgan fingerprint density at radius 1 is 1.17 bits per heavy atom. The average Bonchev–Trinajstić information content (AvgIpc) is 2.59. The van der Waals surface area contributed by atoms with Gasteiger partial charge >= 0.3 is 0 Å². The molecule has 2 aliphatic rings. The van der Waals surface area contributed by atoms with Gasteiger partial charge in [-0.15, -0.1) is 0 Å². The summed E-state index contributed by atoms with van der Waals surface area (Å²) in [6.45, 7) is 4.47. The van der Waals surface area contributed by atoms with Crippen LogP contribution in [0.1, 0.15) is 54.1 Å². The molecule has 4 heteroatoms. The van der Waals surface area contributed by atoms with E-state index < -0.39 is 0 Å². The van der Waals surface area contributed by atoms with Gasteiger partial charge in [-0.2, -0.15) is 0 Å². The van der Waals surface area contributed by atoms with Gasteiger partial charge in [-0.3, -0.25) is 9.59 Å². The molecule has 0 unspecified atom stereocenters. The molecule has 1 aromatic rings. The van der Waals surface area contributed by atoms with E-state index in [1.54, 1.807) is 0 Å². The Bertz CT molecular complexity index is 597. The minimum Gasteiger partial charge on any atom is -0.337 e. The van der Waals surface area contributed by atoms with Crippen LogP contribution in [0.2, 0.25) is 0 Å². The molecule has 124 valence electrons. The summed E-state index contributed by atoms with van der Waals surface area (Å²) in [6.07, 6.45) is 5.30. The first kappa shape index (κ1) is 16.2. The largest absolute Gasteiger partial charge is 0.337 e. The van der Waals surface area contributed by atoms with E-state index in [1.165, 1.54) is 24.0 Å². The molecule has 1 fully saturated rings. The van der Waals surface area contributed by atoms with Crippen molar-refractivity contribution in [3.8, 4) is 0 Å². The molecule has 0 aromatic heterocycles. The molecule has 0 spiro atoms. The minimum atomic E-state index is 0.0921. The van der Waals surface area contributed by atoms with E-state index in [2.05, 4.69) is 24.4 Å². The molecule has 1 saturated heterocycles. The standard InChI is InChI=1S/C19H26N2O2/c1-14-13-20-10-11-21(14)19(23)9-8-18(22)17-7-6-15-4-2-3-5-16(15)12-17/h6-7,12,14,20H,2-5,8-11,13H2,1H3/t14-/m1/s1. The van der Waals surface area contributed by atoms with Crippen LogP contribution in [0.4, 0.5) is 0 Å². The van der Waals surface area contributed by atoms with E-state index in [1.807, 2.05) is 11.0 Å². The molecule has 1 aliphatic heterocycles. The number of fused-ring (bicyclic) bond motifs is 1. The predicted octanol–water partition coefficient (Wildman–Crippen LogP) is 2.35.